The first-order chi connectivity index (χ1) is 10.7. The summed E-state index contributed by atoms with van der Waals surface area (Å²) in [6, 6.07) is 10.6. The SMILES string of the molecule is NC(C(=O)Nc1nnc(Cc2ccsc2)s1)c1ccccc1. The van der Waals surface area contributed by atoms with Gasteiger partial charge in [0.2, 0.25) is 11.0 Å². The van der Waals surface area contributed by atoms with Crippen molar-refractivity contribution in [3.63, 3.8) is 0 Å². The molecule has 0 saturated carbocycles. The highest BCUT2D eigenvalue weighted by atomic mass is 32.1. The topological polar surface area (TPSA) is 80.9 Å². The second-order valence-electron chi connectivity index (χ2n) is 4.69. The van der Waals surface area contributed by atoms with Gasteiger partial charge in [-0.15, -0.1) is 10.2 Å². The average Bonchev–Trinajstić information content (AvgIpc) is 3.20. The standard InChI is InChI=1S/C15H14N4OS2/c16-13(11-4-2-1-3-5-11)14(20)17-15-19-18-12(22-15)8-10-6-7-21-9-10/h1-7,9,13H,8,16H2,(H,17,19,20). The van der Waals surface area contributed by atoms with Gasteiger partial charge in [-0.3, -0.25) is 10.1 Å². The molecule has 0 saturated heterocycles. The molecule has 7 heteroatoms. The summed E-state index contributed by atoms with van der Waals surface area (Å²) in [5.41, 5.74) is 7.91. The molecule has 2 heterocycles. The second kappa shape index (κ2) is 6.78. The van der Waals surface area contributed by atoms with Crippen LogP contribution in [0.15, 0.2) is 47.2 Å². The third kappa shape index (κ3) is 3.56. The highest BCUT2D eigenvalue weighted by Gasteiger charge is 2.17. The van der Waals surface area contributed by atoms with E-state index in [9.17, 15) is 4.79 Å². The Morgan fingerprint density at radius 2 is 2.05 bits per heavy atom. The van der Waals surface area contributed by atoms with Gasteiger partial charge in [0, 0.05) is 6.42 Å². The molecule has 2 aromatic heterocycles. The van der Waals surface area contributed by atoms with Crippen molar-refractivity contribution in [3.8, 4) is 0 Å². The van der Waals surface area contributed by atoms with Gasteiger partial charge in [0.1, 0.15) is 11.0 Å². The normalized spacial score (nSPS) is 12.0. The van der Waals surface area contributed by atoms with Crippen molar-refractivity contribution in [3.05, 3.63) is 63.3 Å². The van der Waals surface area contributed by atoms with E-state index >= 15 is 0 Å². The molecule has 0 bridgehead atoms. The number of rotatable bonds is 5. The Bertz CT molecular complexity index is 740. The zero-order chi connectivity index (χ0) is 15.4. The molecule has 0 radical (unpaired) electrons. The van der Waals surface area contributed by atoms with Gasteiger partial charge < -0.3 is 5.73 Å². The second-order valence-corrected chi connectivity index (χ2v) is 6.53. The van der Waals surface area contributed by atoms with Crippen LogP contribution in [0.5, 0.6) is 0 Å². The van der Waals surface area contributed by atoms with E-state index in [0.717, 1.165) is 17.0 Å². The monoisotopic (exact) mass is 330 g/mol. The lowest BCUT2D eigenvalue weighted by atomic mass is 10.1. The Balaban J connectivity index is 1.63. The molecule has 0 aliphatic heterocycles. The molecule has 3 rings (SSSR count). The van der Waals surface area contributed by atoms with Gasteiger partial charge in [0.05, 0.1) is 0 Å². The summed E-state index contributed by atoms with van der Waals surface area (Å²) in [5.74, 6) is -0.288. The van der Waals surface area contributed by atoms with Crippen LogP contribution < -0.4 is 11.1 Å². The van der Waals surface area contributed by atoms with Crippen LogP contribution in [0.3, 0.4) is 0 Å². The van der Waals surface area contributed by atoms with E-state index < -0.39 is 6.04 Å². The van der Waals surface area contributed by atoms with Gasteiger partial charge in [-0.1, -0.05) is 41.7 Å². The fourth-order valence-electron chi connectivity index (χ4n) is 1.94. The predicted octanol–water partition coefficient (Wildman–Crippen LogP) is 2.83. The molecular weight excluding hydrogens is 316 g/mol. The minimum atomic E-state index is -0.717. The number of nitrogens with one attached hydrogen (secondary N) is 1. The Morgan fingerprint density at radius 1 is 1.23 bits per heavy atom. The van der Waals surface area contributed by atoms with Crippen LogP contribution in [0.2, 0.25) is 0 Å². The minimum absolute atomic E-state index is 0.288. The van der Waals surface area contributed by atoms with Crippen molar-refractivity contribution >= 4 is 33.7 Å². The number of nitrogens with two attached hydrogens (primary N) is 1. The van der Waals surface area contributed by atoms with E-state index in [0.29, 0.717) is 5.13 Å². The van der Waals surface area contributed by atoms with Gasteiger partial charge in [-0.05, 0) is 28.0 Å². The van der Waals surface area contributed by atoms with Crippen molar-refractivity contribution in [1.82, 2.24) is 10.2 Å². The summed E-state index contributed by atoms with van der Waals surface area (Å²) >= 11 is 3.01. The van der Waals surface area contributed by atoms with E-state index in [4.69, 9.17) is 5.73 Å². The van der Waals surface area contributed by atoms with Crippen molar-refractivity contribution in [1.29, 1.82) is 0 Å². The zero-order valence-electron chi connectivity index (χ0n) is 11.6. The first-order valence-corrected chi connectivity index (χ1v) is 8.43. The predicted molar refractivity (Wildman–Crippen MR) is 89.0 cm³/mol. The van der Waals surface area contributed by atoms with Crippen LogP contribution in [0.1, 0.15) is 22.2 Å². The maximum Gasteiger partial charge on any atom is 0.247 e. The minimum Gasteiger partial charge on any atom is -0.316 e. The fourth-order valence-corrected chi connectivity index (χ4v) is 3.38. The molecule has 3 aromatic rings. The Kier molecular flexibility index (Phi) is 4.57. The van der Waals surface area contributed by atoms with Gasteiger partial charge in [0.15, 0.2) is 0 Å². The summed E-state index contributed by atoms with van der Waals surface area (Å²) in [7, 11) is 0. The van der Waals surface area contributed by atoms with Gasteiger partial charge in [-0.2, -0.15) is 11.3 Å². The number of nitrogens with zero attached hydrogens (tertiary/aromatic N) is 2. The van der Waals surface area contributed by atoms with E-state index in [2.05, 4.69) is 27.0 Å². The molecule has 0 fully saturated rings. The Hall–Kier alpha value is -2.09. The van der Waals surface area contributed by atoms with Crippen molar-refractivity contribution < 1.29 is 4.79 Å². The number of thiophene rings is 1. The largest absolute Gasteiger partial charge is 0.316 e. The van der Waals surface area contributed by atoms with E-state index in [1.54, 1.807) is 11.3 Å². The molecule has 0 aliphatic carbocycles. The molecule has 1 atom stereocenters. The summed E-state index contributed by atoms with van der Waals surface area (Å²) in [4.78, 5) is 12.1. The van der Waals surface area contributed by atoms with Crippen LogP contribution in [0.4, 0.5) is 5.13 Å². The maximum absolute atomic E-state index is 12.1. The fraction of sp³-hybridized carbons (Fsp3) is 0.133. The quantitative estimate of drug-likeness (QED) is 0.754. The van der Waals surface area contributed by atoms with Crippen molar-refractivity contribution in [2.24, 2.45) is 5.73 Å². The zero-order valence-corrected chi connectivity index (χ0v) is 13.2. The number of hydrogen-bond donors (Lipinski definition) is 2. The summed E-state index contributed by atoms with van der Waals surface area (Å²) < 4.78 is 0. The molecule has 112 valence electrons. The van der Waals surface area contributed by atoms with Gasteiger partial charge in [0.25, 0.3) is 0 Å². The van der Waals surface area contributed by atoms with E-state index in [-0.39, 0.29) is 5.91 Å². The summed E-state index contributed by atoms with van der Waals surface area (Å²) in [5, 5.41) is 16.3. The first-order valence-electron chi connectivity index (χ1n) is 6.67. The summed E-state index contributed by atoms with van der Waals surface area (Å²) in [6.45, 7) is 0. The molecule has 1 aromatic carbocycles. The lowest BCUT2D eigenvalue weighted by Crippen LogP contribution is -2.27. The molecule has 5 nitrogen and oxygen atoms in total. The highest BCUT2D eigenvalue weighted by Crippen LogP contribution is 2.21. The van der Waals surface area contributed by atoms with Crippen LogP contribution >= 0.6 is 22.7 Å². The highest BCUT2D eigenvalue weighted by molar-refractivity contribution is 7.15. The average molecular weight is 330 g/mol. The Labute approximate surface area is 135 Å². The molecule has 0 aliphatic rings. The molecule has 3 N–H and O–H groups in total. The van der Waals surface area contributed by atoms with Crippen LogP contribution in [0.25, 0.3) is 0 Å². The lowest BCUT2D eigenvalue weighted by molar-refractivity contribution is -0.117. The lowest BCUT2D eigenvalue weighted by Gasteiger charge is -2.10. The first kappa shape index (κ1) is 14.8. The number of amides is 1. The molecule has 1 unspecified atom stereocenters. The van der Waals surface area contributed by atoms with Gasteiger partial charge >= 0.3 is 0 Å². The number of aromatic nitrogens is 2. The number of benzene rings is 1. The third-order valence-corrected chi connectivity index (χ3v) is 4.64. The molecule has 1 amide bonds. The molecule has 22 heavy (non-hydrogen) atoms. The molecular formula is C15H14N4OS2. The van der Waals surface area contributed by atoms with Crippen molar-refractivity contribution in [2.45, 2.75) is 12.5 Å². The van der Waals surface area contributed by atoms with Crippen LogP contribution in [0, 0.1) is 0 Å². The number of carbonyl (C=O) groups is 1. The smallest absolute Gasteiger partial charge is 0.247 e. The van der Waals surface area contributed by atoms with Crippen molar-refractivity contribution in [2.75, 3.05) is 5.32 Å². The number of carbonyl (C=O) groups excluding carboxylic acids is 1. The molecule has 0 spiro atoms. The van der Waals surface area contributed by atoms with Crippen LogP contribution in [-0.2, 0) is 11.2 Å². The Morgan fingerprint density at radius 3 is 2.77 bits per heavy atom. The van der Waals surface area contributed by atoms with Gasteiger partial charge in [-0.25, -0.2) is 0 Å². The van der Waals surface area contributed by atoms with E-state index in [1.165, 1.54) is 16.9 Å². The third-order valence-electron chi connectivity index (χ3n) is 3.07. The summed E-state index contributed by atoms with van der Waals surface area (Å²) in [6.07, 6.45) is 0.724. The van der Waals surface area contributed by atoms with Crippen LogP contribution in [-0.4, -0.2) is 16.1 Å². The van der Waals surface area contributed by atoms with E-state index in [1.807, 2.05) is 35.7 Å². The number of anilines is 1. The maximum atomic E-state index is 12.1. The number of hydrogen-bond acceptors (Lipinski definition) is 6.